The van der Waals surface area contributed by atoms with Crippen LogP contribution in [0.2, 0.25) is 0 Å². The van der Waals surface area contributed by atoms with Crippen molar-refractivity contribution in [3.8, 4) is 0 Å². The summed E-state index contributed by atoms with van der Waals surface area (Å²) in [4.78, 5) is 25.6. The van der Waals surface area contributed by atoms with Crippen LogP contribution < -0.4 is 5.32 Å². The molecule has 1 aromatic rings. The molecule has 2 N–H and O–H groups in total. The van der Waals surface area contributed by atoms with Gasteiger partial charge < -0.3 is 10.4 Å². The van der Waals surface area contributed by atoms with Crippen LogP contribution in [-0.2, 0) is 9.59 Å². The molecule has 80 valence electrons. The summed E-state index contributed by atoms with van der Waals surface area (Å²) in [6, 6.07) is 3.51. The molecule has 1 unspecified atom stereocenters. The summed E-state index contributed by atoms with van der Waals surface area (Å²) in [7, 11) is 0. The zero-order chi connectivity index (χ0) is 11.3. The lowest BCUT2D eigenvalue weighted by Gasteiger charge is -2.10. The highest BCUT2D eigenvalue weighted by Crippen LogP contribution is 2.12. The minimum absolute atomic E-state index is 0.314. The van der Waals surface area contributed by atoms with Crippen LogP contribution in [0.4, 0.5) is 0 Å². The van der Waals surface area contributed by atoms with Crippen LogP contribution in [0.5, 0.6) is 0 Å². The second kappa shape index (κ2) is 5.09. The SMILES string of the molecule is CC(C(=O)NCC(=O)O)c1cccnc1. The number of pyridine rings is 1. The van der Waals surface area contributed by atoms with Crippen molar-refractivity contribution < 1.29 is 14.7 Å². The number of nitrogens with zero attached hydrogens (tertiary/aromatic N) is 1. The molecule has 5 nitrogen and oxygen atoms in total. The molecule has 1 atom stereocenters. The number of aromatic nitrogens is 1. The first-order valence-corrected chi connectivity index (χ1v) is 4.50. The number of aliphatic carboxylic acids is 1. The number of carboxylic acids is 1. The second-order valence-electron chi connectivity index (χ2n) is 3.12. The molecule has 1 rings (SSSR count). The lowest BCUT2D eigenvalue weighted by molar-refractivity contribution is -0.138. The van der Waals surface area contributed by atoms with Crippen molar-refractivity contribution in [1.29, 1.82) is 0 Å². The Kier molecular flexibility index (Phi) is 3.79. The van der Waals surface area contributed by atoms with Gasteiger partial charge in [0.15, 0.2) is 0 Å². The van der Waals surface area contributed by atoms with Crippen LogP contribution in [0, 0.1) is 0 Å². The summed E-state index contributed by atoms with van der Waals surface area (Å²) in [6.45, 7) is 1.34. The van der Waals surface area contributed by atoms with Crippen molar-refractivity contribution in [3.63, 3.8) is 0 Å². The van der Waals surface area contributed by atoms with Gasteiger partial charge in [-0.25, -0.2) is 0 Å². The zero-order valence-electron chi connectivity index (χ0n) is 8.30. The number of hydrogen-bond acceptors (Lipinski definition) is 3. The van der Waals surface area contributed by atoms with Gasteiger partial charge in [-0.2, -0.15) is 0 Å². The van der Waals surface area contributed by atoms with Crippen LogP contribution in [0.1, 0.15) is 18.4 Å². The third-order valence-corrected chi connectivity index (χ3v) is 1.99. The normalized spacial score (nSPS) is 11.8. The average molecular weight is 208 g/mol. The van der Waals surface area contributed by atoms with Crippen molar-refractivity contribution in [2.75, 3.05) is 6.54 Å². The maximum absolute atomic E-state index is 11.4. The van der Waals surface area contributed by atoms with E-state index in [1.165, 1.54) is 0 Å². The van der Waals surface area contributed by atoms with Gasteiger partial charge in [0.1, 0.15) is 6.54 Å². The first kappa shape index (κ1) is 11.2. The largest absolute Gasteiger partial charge is 0.480 e. The predicted octanol–water partition coefficient (Wildman–Crippen LogP) is 0.386. The molecule has 0 aliphatic rings. The molecule has 15 heavy (non-hydrogen) atoms. The standard InChI is InChI=1S/C10H12N2O3/c1-7(8-3-2-4-11-5-8)10(15)12-6-9(13)14/h2-5,7H,6H2,1H3,(H,12,15)(H,13,14). The number of carbonyl (C=O) groups is 2. The minimum atomic E-state index is -1.05. The fraction of sp³-hybridized carbons (Fsp3) is 0.300. The van der Waals surface area contributed by atoms with E-state index in [1.807, 2.05) is 0 Å². The van der Waals surface area contributed by atoms with Crippen molar-refractivity contribution in [3.05, 3.63) is 30.1 Å². The molecule has 0 aromatic carbocycles. The molecule has 1 aromatic heterocycles. The van der Waals surface area contributed by atoms with Gasteiger partial charge in [0.25, 0.3) is 0 Å². The van der Waals surface area contributed by atoms with E-state index in [1.54, 1.807) is 31.5 Å². The van der Waals surface area contributed by atoms with E-state index in [2.05, 4.69) is 10.3 Å². The van der Waals surface area contributed by atoms with Crippen molar-refractivity contribution in [1.82, 2.24) is 10.3 Å². The van der Waals surface area contributed by atoms with Crippen molar-refractivity contribution in [2.45, 2.75) is 12.8 Å². The Morgan fingerprint density at radius 3 is 2.87 bits per heavy atom. The van der Waals surface area contributed by atoms with Gasteiger partial charge in [-0.1, -0.05) is 6.07 Å². The molecule has 0 saturated heterocycles. The summed E-state index contributed by atoms with van der Waals surface area (Å²) in [5.74, 6) is -1.76. The Hall–Kier alpha value is -1.91. The zero-order valence-corrected chi connectivity index (χ0v) is 8.30. The van der Waals surface area contributed by atoms with E-state index in [0.29, 0.717) is 0 Å². The van der Waals surface area contributed by atoms with Crippen molar-refractivity contribution in [2.24, 2.45) is 0 Å². The number of amides is 1. The lowest BCUT2D eigenvalue weighted by Crippen LogP contribution is -2.32. The third kappa shape index (κ3) is 3.38. The average Bonchev–Trinajstić information content (AvgIpc) is 2.26. The van der Waals surface area contributed by atoms with E-state index >= 15 is 0 Å². The van der Waals surface area contributed by atoms with Crippen LogP contribution in [-0.4, -0.2) is 28.5 Å². The molecule has 1 heterocycles. The molecule has 1 amide bonds. The molecule has 5 heteroatoms. The van der Waals surface area contributed by atoms with Crippen LogP contribution >= 0.6 is 0 Å². The number of rotatable bonds is 4. The van der Waals surface area contributed by atoms with Crippen molar-refractivity contribution >= 4 is 11.9 Å². The maximum Gasteiger partial charge on any atom is 0.322 e. The molecule has 0 aliphatic heterocycles. The summed E-state index contributed by atoms with van der Waals surface area (Å²) in [5, 5.41) is 10.7. The smallest absolute Gasteiger partial charge is 0.322 e. The van der Waals surface area contributed by atoms with Crippen LogP contribution in [0.25, 0.3) is 0 Å². The minimum Gasteiger partial charge on any atom is -0.480 e. The summed E-state index contributed by atoms with van der Waals surface area (Å²) in [6.07, 6.45) is 3.20. The van der Waals surface area contributed by atoms with E-state index in [0.717, 1.165) is 5.56 Å². The third-order valence-electron chi connectivity index (χ3n) is 1.99. The van der Waals surface area contributed by atoms with Gasteiger partial charge in [0, 0.05) is 12.4 Å². The molecule has 0 spiro atoms. The monoisotopic (exact) mass is 208 g/mol. The predicted molar refractivity (Wildman–Crippen MR) is 53.3 cm³/mol. The van der Waals surface area contributed by atoms with Gasteiger partial charge in [-0.3, -0.25) is 14.6 Å². The van der Waals surface area contributed by atoms with Gasteiger partial charge in [0.2, 0.25) is 5.91 Å². The van der Waals surface area contributed by atoms with Crippen LogP contribution in [0.15, 0.2) is 24.5 Å². The first-order chi connectivity index (χ1) is 7.11. The highest BCUT2D eigenvalue weighted by Gasteiger charge is 2.15. The molecular formula is C10H12N2O3. The Balaban J connectivity index is 2.57. The topological polar surface area (TPSA) is 79.3 Å². The number of carbonyl (C=O) groups excluding carboxylic acids is 1. The van der Waals surface area contributed by atoms with Crippen LogP contribution in [0.3, 0.4) is 0 Å². The Morgan fingerprint density at radius 2 is 2.33 bits per heavy atom. The lowest BCUT2D eigenvalue weighted by atomic mass is 10.0. The Labute approximate surface area is 87.1 Å². The van der Waals surface area contributed by atoms with Gasteiger partial charge in [0.05, 0.1) is 5.92 Å². The quantitative estimate of drug-likeness (QED) is 0.750. The van der Waals surface area contributed by atoms with E-state index < -0.39 is 11.9 Å². The van der Waals surface area contributed by atoms with Gasteiger partial charge in [-0.05, 0) is 18.6 Å². The summed E-state index contributed by atoms with van der Waals surface area (Å²) in [5.41, 5.74) is 0.764. The first-order valence-electron chi connectivity index (χ1n) is 4.50. The van der Waals surface area contributed by atoms with Gasteiger partial charge >= 0.3 is 5.97 Å². The van der Waals surface area contributed by atoms with E-state index in [4.69, 9.17) is 5.11 Å². The molecule has 0 saturated carbocycles. The highest BCUT2D eigenvalue weighted by atomic mass is 16.4. The highest BCUT2D eigenvalue weighted by molar-refractivity contribution is 5.86. The van der Waals surface area contributed by atoms with Gasteiger partial charge in [-0.15, -0.1) is 0 Å². The molecule has 0 radical (unpaired) electrons. The Bertz CT molecular complexity index is 351. The number of hydrogen-bond donors (Lipinski definition) is 2. The summed E-state index contributed by atoms with van der Waals surface area (Å²) >= 11 is 0. The second-order valence-corrected chi connectivity index (χ2v) is 3.12. The van der Waals surface area contributed by atoms with E-state index in [9.17, 15) is 9.59 Å². The molecular weight excluding hydrogens is 196 g/mol. The molecule has 0 fully saturated rings. The summed E-state index contributed by atoms with van der Waals surface area (Å²) < 4.78 is 0. The number of carboxylic acid groups (broad SMARTS) is 1. The molecule has 0 aliphatic carbocycles. The number of nitrogens with one attached hydrogen (secondary N) is 1. The Morgan fingerprint density at radius 1 is 1.60 bits per heavy atom. The van der Waals surface area contributed by atoms with E-state index in [-0.39, 0.29) is 12.5 Å². The maximum atomic E-state index is 11.4. The fourth-order valence-corrected chi connectivity index (χ4v) is 1.10. The fourth-order valence-electron chi connectivity index (χ4n) is 1.10. The molecule has 0 bridgehead atoms.